The highest BCUT2D eigenvalue weighted by molar-refractivity contribution is 6.50. The van der Waals surface area contributed by atoms with Gasteiger partial charge >= 0.3 is 0 Å². The number of benzene rings is 2. The number of halogens is 3. The van der Waals surface area contributed by atoms with E-state index in [1.54, 1.807) is 18.2 Å². The number of imide groups is 1. The zero-order valence-corrected chi connectivity index (χ0v) is 19.4. The number of rotatable bonds is 3. The monoisotopic (exact) mass is 499 g/mol. The molecule has 6 nitrogen and oxygen atoms in total. The minimum atomic E-state index is -0.644. The molecule has 2 amide bonds. The molecule has 0 bridgehead atoms. The number of hydrogen-bond donors (Lipinski definition) is 2. The molecule has 0 unspecified atom stereocenters. The van der Waals surface area contributed by atoms with Gasteiger partial charge in [-0.3, -0.25) is 14.9 Å². The number of nitrogens with zero attached hydrogens (tertiary/aromatic N) is 1. The second-order valence-electron chi connectivity index (χ2n) is 8.39. The second-order valence-corrected chi connectivity index (χ2v) is 8.82. The molecule has 1 saturated heterocycles. The SMILES string of the molecule is Cl.O=C1NC(=O)C(c2c(F)ccc3ccoc23)=C1c1cn(C2CCNCC2)c2cc(Cl)ccc12. The van der Waals surface area contributed by atoms with Crippen LogP contribution in [0.15, 0.2) is 53.3 Å². The molecule has 34 heavy (non-hydrogen) atoms. The van der Waals surface area contributed by atoms with Crippen molar-refractivity contribution in [1.29, 1.82) is 0 Å². The Morgan fingerprint density at radius 3 is 2.59 bits per heavy atom. The summed E-state index contributed by atoms with van der Waals surface area (Å²) in [5.74, 6) is -1.83. The van der Waals surface area contributed by atoms with Crippen LogP contribution in [0.25, 0.3) is 33.0 Å². The molecule has 2 aromatic carbocycles. The predicted octanol–water partition coefficient (Wildman–Crippen LogP) is 5.09. The Labute approximate surface area is 205 Å². The number of carbonyl (C=O) groups is 2. The van der Waals surface area contributed by atoms with Crippen LogP contribution in [-0.2, 0) is 9.59 Å². The Hall–Kier alpha value is -3.13. The fourth-order valence-electron chi connectivity index (χ4n) is 5.00. The first-order valence-electron chi connectivity index (χ1n) is 10.8. The molecule has 2 N–H and O–H groups in total. The maximum absolute atomic E-state index is 15.1. The van der Waals surface area contributed by atoms with Crippen molar-refractivity contribution in [2.24, 2.45) is 0 Å². The van der Waals surface area contributed by atoms with E-state index in [9.17, 15) is 9.59 Å². The van der Waals surface area contributed by atoms with Crippen LogP contribution in [-0.4, -0.2) is 29.5 Å². The highest BCUT2D eigenvalue weighted by Gasteiger charge is 2.37. The zero-order chi connectivity index (χ0) is 22.7. The number of fused-ring (bicyclic) bond motifs is 2. The topological polar surface area (TPSA) is 76.3 Å². The number of aromatic nitrogens is 1. The highest BCUT2D eigenvalue weighted by Crippen LogP contribution is 2.41. The van der Waals surface area contributed by atoms with Crippen LogP contribution in [0, 0.1) is 5.82 Å². The summed E-state index contributed by atoms with van der Waals surface area (Å²) in [6.45, 7) is 1.78. The average molecular weight is 500 g/mol. The van der Waals surface area contributed by atoms with Crippen LogP contribution in [0.1, 0.15) is 30.0 Å². The molecule has 0 atom stereocenters. The fourth-order valence-corrected chi connectivity index (χ4v) is 5.17. The summed E-state index contributed by atoms with van der Waals surface area (Å²) >= 11 is 6.32. The summed E-state index contributed by atoms with van der Waals surface area (Å²) in [5.41, 5.74) is 1.80. The lowest BCUT2D eigenvalue weighted by Gasteiger charge is -2.25. The molecule has 0 radical (unpaired) electrons. The molecule has 4 aromatic rings. The van der Waals surface area contributed by atoms with Crippen molar-refractivity contribution < 1.29 is 18.4 Å². The van der Waals surface area contributed by atoms with E-state index in [0.29, 0.717) is 16.0 Å². The average Bonchev–Trinajstić information content (AvgIpc) is 3.50. The van der Waals surface area contributed by atoms with Crippen LogP contribution in [0.2, 0.25) is 5.02 Å². The van der Waals surface area contributed by atoms with Crippen molar-refractivity contribution in [3.8, 4) is 0 Å². The Morgan fingerprint density at radius 2 is 1.79 bits per heavy atom. The number of carbonyl (C=O) groups excluding carboxylic acids is 2. The van der Waals surface area contributed by atoms with Gasteiger partial charge in [0.15, 0.2) is 0 Å². The molecule has 9 heteroatoms. The Bertz CT molecular complexity index is 1500. The molecular weight excluding hydrogens is 480 g/mol. The van der Waals surface area contributed by atoms with Crippen molar-refractivity contribution in [3.05, 3.63) is 70.8 Å². The summed E-state index contributed by atoms with van der Waals surface area (Å²) in [6.07, 6.45) is 5.18. The molecule has 0 spiro atoms. The zero-order valence-electron chi connectivity index (χ0n) is 17.9. The van der Waals surface area contributed by atoms with E-state index in [1.165, 1.54) is 12.3 Å². The first-order chi connectivity index (χ1) is 16.0. The van der Waals surface area contributed by atoms with E-state index in [2.05, 4.69) is 15.2 Å². The Balaban J connectivity index is 0.00000241. The van der Waals surface area contributed by atoms with E-state index in [1.807, 2.05) is 18.3 Å². The van der Waals surface area contributed by atoms with Gasteiger partial charge in [-0.1, -0.05) is 17.7 Å². The van der Waals surface area contributed by atoms with Gasteiger partial charge in [-0.05, 0) is 56.3 Å². The lowest BCUT2D eigenvalue weighted by atomic mass is 9.94. The van der Waals surface area contributed by atoms with Gasteiger partial charge in [-0.15, -0.1) is 12.4 Å². The number of furan rings is 1. The van der Waals surface area contributed by atoms with E-state index in [-0.39, 0.29) is 40.7 Å². The van der Waals surface area contributed by atoms with Gasteiger partial charge in [0.1, 0.15) is 11.4 Å². The van der Waals surface area contributed by atoms with Crippen molar-refractivity contribution in [3.63, 3.8) is 0 Å². The summed E-state index contributed by atoms with van der Waals surface area (Å²) in [4.78, 5) is 26.0. The molecule has 0 aliphatic carbocycles. The van der Waals surface area contributed by atoms with Gasteiger partial charge in [0.25, 0.3) is 11.8 Å². The van der Waals surface area contributed by atoms with Gasteiger partial charge in [0, 0.05) is 33.6 Å². The van der Waals surface area contributed by atoms with Crippen molar-refractivity contribution in [2.45, 2.75) is 18.9 Å². The first kappa shape index (κ1) is 22.7. The third-order valence-electron chi connectivity index (χ3n) is 6.52. The van der Waals surface area contributed by atoms with Gasteiger partial charge in [-0.2, -0.15) is 0 Å². The van der Waals surface area contributed by atoms with Crippen LogP contribution >= 0.6 is 24.0 Å². The fraction of sp³-hybridized carbons (Fsp3) is 0.200. The molecule has 2 aliphatic rings. The Morgan fingerprint density at radius 1 is 1.03 bits per heavy atom. The molecule has 6 rings (SSSR count). The van der Waals surface area contributed by atoms with E-state index < -0.39 is 17.6 Å². The molecule has 174 valence electrons. The van der Waals surface area contributed by atoms with Gasteiger partial charge < -0.3 is 14.3 Å². The molecule has 4 heterocycles. The minimum Gasteiger partial charge on any atom is -0.464 e. The number of hydrogen-bond acceptors (Lipinski definition) is 4. The summed E-state index contributed by atoms with van der Waals surface area (Å²) in [7, 11) is 0. The Kier molecular flexibility index (Phi) is 5.72. The second kappa shape index (κ2) is 8.58. The van der Waals surface area contributed by atoms with E-state index >= 15 is 4.39 Å². The van der Waals surface area contributed by atoms with Crippen molar-refractivity contribution >= 4 is 68.8 Å². The maximum Gasteiger partial charge on any atom is 0.259 e. The van der Waals surface area contributed by atoms with Crippen LogP contribution in [0.5, 0.6) is 0 Å². The highest BCUT2D eigenvalue weighted by atomic mass is 35.5. The van der Waals surface area contributed by atoms with Crippen molar-refractivity contribution in [1.82, 2.24) is 15.2 Å². The normalized spacial score (nSPS) is 17.0. The first-order valence-corrected chi connectivity index (χ1v) is 11.2. The van der Waals surface area contributed by atoms with Crippen LogP contribution < -0.4 is 10.6 Å². The minimum absolute atomic E-state index is 0. The largest absolute Gasteiger partial charge is 0.464 e. The number of amides is 2. The lowest BCUT2D eigenvalue weighted by Crippen LogP contribution is -2.29. The summed E-state index contributed by atoms with van der Waals surface area (Å²) in [6, 6.07) is 10.2. The number of nitrogens with one attached hydrogen (secondary N) is 2. The lowest BCUT2D eigenvalue weighted by molar-refractivity contribution is -0.122. The van der Waals surface area contributed by atoms with Gasteiger partial charge in [0.2, 0.25) is 0 Å². The van der Waals surface area contributed by atoms with Crippen LogP contribution in [0.3, 0.4) is 0 Å². The summed E-state index contributed by atoms with van der Waals surface area (Å²) < 4.78 is 22.7. The maximum atomic E-state index is 15.1. The molecular formula is C25H20Cl2FN3O3. The van der Waals surface area contributed by atoms with E-state index in [4.69, 9.17) is 16.0 Å². The number of piperidine rings is 1. The third-order valence-corrected chi connectivity index (χ3v) is 6.75. The smallest absolute Gasteiger partial charge is 0.259 e. The molecule has 2 aliphatic heterocycles. The van der Waals surface area contributed by atoms with Gasteiger partial charge in [-0.25, -0.2) is 4.39 Å². The van der Waals surface area contributed by atoms with Crippen molar-refractivity contribution in [2.75, 3.05) is 13.1 Å². The molecule has 0 saturated carbocycles. The van der Waals surface area contributed by atoms with Gasteiger partial charge in [0.05, 0.1) is 28.5 Å². The summed E-state index contributed by atoms with van der Waals surface area (Å²) in [5, 5.41) is 7.72. The molecule has 2 aromatic heterocycles. The van der Waals surface area contributed by atoms with Crippen LogP contribution in [0.4, 0.5) is 4.39 Å². The molecule has 1 fully saturated rings. The standard InChI is InChI=1S/C25H19ClFN3O3.ClH/c26-14-2-3-16-17(12-30(19(16)11-14)15-5-8-28-9-6-15)20-22(25(32)29-24(20)31)21-18(27)4-1-13-7-10-33-23(13)21;/h1-4,7,10-12,15,28H,5-6,8-9H2,(H,29,31,32);1H. The predicted molar refractivity (Wildman–Crippen MR) is 131 cm³/mol. The quantitative estimate of drug-likeness (QED) is 0.384. The third kappa shape index (κ3) is 3.43. The van der Waals surface area contributed by atoms with E-state index in [0.717, 1.165) is 36.8 Å².